The molecular formula is C33H48N2O4. The van der Waals surface area contributed by atoms with Gasteiger partial charge in [0.05, 0.1) is 11.1 Å². The maximum Gasteiger partial charge on any atom is 0.132 e. The fourth-order valence-electron chi connectivity index (χ4n) is 4.50. The summed E-state index contributed by atoms with van der Waals surface area (Å²) < 4.78 is 12.2. The standard InChI is InChI=1S/C33H48N2O4/c1-11-31(5,6)34(36)26-14-12-25-23-27(15-13-24(25)22-26)35(37)32(7,8)20-21-33(9,10)39-29-18-16-28(17-19-29)38-30(2,3)4/h12-19,22-23,34-35H,11,20-21H2,1-10H3. The van der Waals surface area contributed by atoms with Crippen LogP contribution in [0.4, 0.5) is 11.4 Å². The third-order valence-corrected chi connectivity index (χ3v) is 7.47. The number of ether oxygens (including phenoxy) is 2. The van der Waals surface area contributed by atoms with E-state index in [-0.39, 0.29) is 15.7 Å². The van der Waals surface area contributed by atoms with Gasteiger partial charge in [-0.2, -0.15) is 0 Å². The molecule has 0 fully saturated rings. The van der Waals surface area contributed by atoms with Gasteiger partial charge in [0.25, 0.3) is 0 Å². The number of fused-ring (bicyclic) bond motifs is 1. The summed E-state index contributed by atoms with van der Waals surface area (Å²) in [5.74, 6) is 1.59. The highest BCUT2D eigenvalue weighted by Crippen LogP contribution is 2.28. The van der Waals surface area contributed by atoms with Gasteiger partial charge in [-0.3, -0.25) is 0 Å². The first-order valence-electron chi connectivity index (χ1n) is 14.0. The second-order valence-corrected chi connectivity index (χ2v) is 13.6. The predicted octanol–water partition coefficient (Wildman–Crippen LogP) is 6.65. The molecule has 3 aromatic carbocycles. The molecule has 6 nitrogen and oxygen atoms in total. The lowest BCUT2D eigenvalue weighted by Gasteiger charge is -2.40. The molecule has 39 heavy (non-hydrogen) atoms. The number of hydroxylamine groups is 2. The summed E-state index contributed by atoms with van der Waals surface area (Å²) >= 11 is 0. The van der Waals surface area contributed by atoms with Gasteiger partial charge in [-0.1, -0.05) is 6.92 Å². The Morgan fingerprint density at radius 3 is 1.46 bits per heavy atom. The summed E-state index contributed by atoms with van der Waals surface area (Å²) in [4.78, 5) is 0. The van der Waals surface area contributed by atoms with Gasteiger partial charge in [0.1, 0.15) is 34.1 Å². The third kappa shape index (κ3) is 8.18. The van der Waals surface area contributed by atoms with E-state index in [1.165, 1.54) is 0 Å². The topological polar surface area (TPSA) is 73.5 Å². The molecule has 0 radical (unpaired) electrons. The third-order valence-electron chi connectivity index (χ3n) is 7.47. The van der Waals surface area contributed by atoms with Crippen molar-refractivity contribution in [3.8, 4) is 11.5 Å². The summed E-state index contributed by atoms with van der Waals surface area (Å²) in [6.07, 6.45) is 2.19. The first-order valence-corrected chi connectivity index (χ1v) is 14.0. The van der Waals surface area contributed by atoms with E-state index in [0.29, 0.717) is 17.8 Å². The number of hydrogen-bond acceptors (Lipinski definition) is 4. The van der Waals surface area contributed by atoms with Gasteiger partial charge in [-0.05, 0) is 134 Å². The van der Waals surface area contributed by atoms with Crippen molar-refractivity contribution in [2.75, 3.05) is 0 Å². The maximum absolute atomic E-state index is 13.6. The van der Waals surface area contributed by atoms with Crippen LogP contribution in [0.25, 0.3) is 10.8 Å². The van der Waals surface area contributed by atoms with Gasteiger partial charge in [0.2, 0.25) is 0 Å². The average Bonchev–Trinajstić information content (AvgIpc) is 2.86. The van der Waals surface area contributed by atoms with E-state index in [2.05, 4.69) is 13.8 Å². The molecule has 0 aliphatic rings. The highest BCUT2D eigenvalue weighted by molar-refractivity contribution is 5.86. The minimum atomic E-state index is -0.556. The van der Waals surface area contributed by atoms with Gasteiger partial charge < -0.3 is 30.0 Å². The predicted molar refractivity (Wildman–Crippen MR) is 161 cm³/mol. The molecular weight excluding hydrogens is 488 g/mol. The lowest BCUT2D eigenvalue weighted by molar-refractivity contribution is -0.836. The summed E-state index contributed by atoms with van der Waals surface area (Å²) in [6, 6.07) is 19.3. The van der Waals surface area contributed by atoms with E-state index < -0.39 is 16.7 Å². The van der Waals surface area contributed by atoms with Crippen molar-refractivity contribution in [1.29, 1.82) is 0 Å². The highest BCUT2D eigenvalue weighted by Gasteiger charge is 2.31. The molecule has 0 aliphatic carbocycles. The number of quaternary nitrogens is 2. The lowest BCUT2D eigenvalue weighted by atomic mass is 9.90. The quantitative estimate of drug-likeness (QED) is 0.269. The summed E-state index contributed by atoms with van der Waals surface area (Å²) in [7, 11) is 0. The Morgan fingerprint density at radius 2 is 1.03 bits per heavy atom. The van der Waals surface area contributed by atoms with Crippen molar-refractivity contribution in [3.63, 3.8) is 0 Å². The van der Waals surface area contributed by atoms with Gasteiger partial charge in [-0.25, -0.2) is 0 Å². The van der Waals surface area contributed by atoms with E-state index in [1.807, 2.05) is 116 Å². The van der Waals surface area contributed by atoms with Crippen LogP contribution in [0.3, 0.4) is 0 Å². The van der Waals surface area contributed by atoms with Crippen LogP contribution in [0.1, 0.15) is 88.5 Å². The smallest absolute Gasteiger partial charge is 0.132 e. The van der Waals surface area contributed by atoms with Crippen LogP contribution < -0.4 is 19.6 Å². The van der Waals surface area contributed by atoms with E-state index in [0.717, 1.165) is 35.1 Å². The first-order chi connectivity index (χ1) is 17.9. The van der Waals surface area contributed by atoms with Crippen LogP contribution in [-0.2, 0) is 0 Å². The Balaban J connectivity index is 1.67. The Labute approximate surface area is 235 Å². The van der Waals surface area contributed by atoms with E-state index in [4.69, 9.17) is 9.47 Å². The normalized spacial score (nSPS) is 14.8. The number of rotatable bonds is 11. The zero-order valence-electron chi connectivity index (χ0n) is 25.5. The first kappa shape index (κ1) is 30.9. The molecule has 0 amide bonds. The largest absolute Gasteiger partial charge is 0.628 e. The Kier molecular flexibility index (Phi) is 9.08. The van der Waals surface area contributed by atoms with Crippen LogP contribution in [0, 0.1) is 10.4 Å². The number of nitrogens with one attached hydrogen (secondary N) is 2. The molecule has 2 N–H and O–H groups in total. The zero-order valence-corrected chi connectivity index (χ0v) is 25.5. The summed E-state index contributed by atoms with van der Waals surface area (Å²) in [5, 5.41) is 28.7. The fourth-order valence-corrected chi connectivity index (χ4v) is 4.50. The van der Waals surface area contributed by atoms with Crippen molar-refractivity contribution in [3.05, 3.63) is 71.1 Å². The minimum absolute atomic E-state index is 0.108. The van der Waals surface area contributed by atoms with Gasteiger partial charge in [0.15, 0.2) is 0 Å². The highest BCUT2D eigenvalue weighted by atomic mass is 16.5. The molecule has 3 rings (SSSR count). The summed E-state index contributed by atoms with van der Waals surface area (Å²) in [6.45, 7) is 20.2. The Hall–Kier alpha value is -2.64. The second-order valence-electron chi connectivity index (χ2n) is 13.6. The van der Waals surface area contributed by atoms with E-state index in [9.17, 15) is 10.4 Å². The van der Waals surface area contributed by atoms with Crippen molar-refractivity contribution in [2.45, 2.75) is 111 Å². The zero-order chi connectivity index (χ0) is 29.2. The van der Waals surface area contributed by atoms with Crippen molar-refractivity contribution in [1.82, 2.24) is 0 Å². The number of hydrogen-bond donors (Lipinski definition) is 2. The monoisotopic (exact) mass is 536 g/mol. The molecule has 0 aromatic heterocycles. The Bertz CT molecular complexity index is 1240. The molecule has 2 unspecified atom stereocenters. The minimum Gasteiger partial charge on any atom is -0.628 e. The van der Waals surface area contributed by atoms with Gasteiger partial charge in [-0.15, -0.1) is 0 Å². The van der Waals surface area contributed by atoms with Crippen molar-refractivity contribution in [2.24, 2.45) is 0 Å². The van der Waals surface area contributed by atoms with Crippen LogP contribution in [-0.4, -0.2) is 22.3 Å². The SMILES string of the molecule is CCC(C)(C)[NH+]([O-])c1ccc2cc([NH+]([O-])C(C)(C)CCC(C)(C)Oc3ccc(OC(C)(C)C)cc3)ccc2c1. The molecule has 0 aliphatic heterocycles. The average molecular weight is 537 g/mol. The lowest BCUT2D eigenvalue weighted by Crippen LogP contribution is -3.10. The van der Waals surface area contributed by atoms with Crippen molar-refractivity contribution >= 4 is 22.1 Å². The summed E-state index contributed by atoms with van der Waals surface area (Å²) in [5.41, 5.74) is -0.239. The molecule has 0 bridgehead atoms. The molecule has 214 valence electrons. The van der Waals surface area contributed by atoms with Gasteiger partial charge >= 0.3 is 0 Å². The van der Waals surface area contributed by atoms with Crippen molar-refractivity contribution < 1.29 is 19.6 Å². The fraction of sp³-hybridized carbons (Fsp3) is 0.515. The van der Waals surface area contributed by atoms with Crippen LogP contribution in [0.15, 0.2) is 60.7 Å². The van der Waals surface area contributed by atoms with Crippen LogP contribution in [0.5, 0.6) is 11.5 Å². The van der Waals surface area contributed by atoms with Crippen LogP contribution >= 0.6 is 0 Å². The molecule has 6 heteroatoms. The maximum atomic E-state index is 13.6. The Morgan fingerprint density at radius 1 is 0.590 bits per heavy atom. The molecule has 0 saturated carbocycles. The molecule has 3 aromatic rings. The number of benzene rings is 3. The molecule has 0 spiro atoms. The second kappa shape index (κ2) is 11.5. The molecule has 2 atom stereocenters. The van der Waals surface area contributed by atoms with E-state index >= 15 is 0 Å². The van der Waals surface area contributed by atoms with Gasteiger partial charge in [0, 0.05) is 18.6 Å². The molecule has 0 heterocycles. The molecule has 0 saturated heterocycles. The van der Waals surface area contributed by atoms with E-state index in [1.54, 1.807) is 0 Å². The van der Waals surface area contributed by atoms with Crippen LogP contribution in [0.2, 0.25) is 0 Å².